The number of benzene rings is 2. The van der Waals surface area contributed by atoms with E-state index in [-0.39, 0.29) is 24.0 Å². The highest BCUT2D eigenvalue weighted by atomic mass is 127. The average Bonchev–Trinajstić information content (AvgIpc) is 2.70. The number of nitrogens with one attached hydrogen (secondary N) is 1. The van der Waals surface area contributed by atoms with Crippen LogP contribution in [0.1, 0.15) is 24.0 Å². The van der Waals surface area contributed by atoms with E-state index in [2.05, 4.69) is 45.6 Å². The Morgan fingerprint density at radius 3 is 2.24 bits per heavy atom. The summed E-state index contributed by atoms with van der Waals surface area (Å²) in [6, 6.07) is 17.4. The maximum Gasteiger partial charge on any atom is 0.193 e. The lowest BCUT2D eigenvalue weighted by Crippen LogP contribution is -2.44. The number of likely N-dealkylation sites (tertiary alicyclic amines) is 1. The predicted octanol–water partition coefficient (Wildman–Crippen LogP) is 3.96. The Morgan fingerprint density at radius 1 is 1.07 bits per heavy atom. The summed E-state index contributed by atoms with van der Waals surface area (Å²) in [7, 11) is -1.36. The zero-order valence-electron chi connectivity index (χ0n) is 16.8. The highest BCUT2D eigenvalue weighted by Gasteiger charge is 2.17. The number of hydrogen-bond acceptors (Lipinski definition) is 3. The van der Waals surface area contributed by atoms with Crippen LogP contribution in [-0.4, -0.2) is 45.7 Å². The molecule has 0 bridgehead atoms. The molecule has 2 aromatic rings. The van der Waals surface area contributed by atoms with E-state index in [0.29, 0.717) is 11.4 Å². The van der Waals surface area contributed by atoms with E-state index in [4.69, 9.17) is 0 Å². The van der Waals surface area contributed by atoms with Gasteiger partial charge in [-0.2, -0.15) is 0 Å². The second kappa shape index (κ2) is 10.8. The Bertz CT molecular complexity index is 945. The normalized spacial score (nSPS) is 14.9. The van der Waals surface area contributed by atoms with Gasteiger partial charge in [-0.1, -0.05) is 54.1 Å². The molecule has 0 unspecified atom stereocenters. The topological polar surface area (TPSA) is 61.8 Å². The summed E-state index contributed by atoms with van der Waals surface area (Å²) in [6.07, 6.45) is 5.56. The van der Waals surface area contributed by atoms with E-state index in [0.717, 1.165) is 37.5 Å². The van der Waals surface area contributed by atoms with E-state index >= 15 is 0 Å². The van der Waals surface area contributed by atoms with E-state index in [1.54, 1.807) is 19.2 Å². The minimum Gasteiger partial charge on any atom is -0.352 e. The van der Waals surface area contributed by atoms with Gasteiger partial charge in [-0.05, 0) is 36.1 Å². The van der Waals surface area contributed by atoms with Crippen LogP contribution in [0.4, 0.5) is 0 Å². The lowest BCUT2D eigenvalue weighted by Gasteiger charge is -2.31. The third kappa shape index (κ3) is 6.85. The molecule has 156 valence electrons. The van der Waals surface area contributed by atoms with Crippen LogP contribution in [0.2, 0.25) is 0 Å². The molecule has 3 rings (SSSR count). The number of nitrogens with zero attached hydrogens (tertiary/aromatic N) is 2. The molecule has 0 spiro atoms. The largest absolute Gasteiger partial charge is 0.352 e. The summed E-state index contributed by atoms with van der Waals surface area (Å²) in [5, 5.41) is 3.39. The molecular weight excluding hydrogens is 497 g/mol. The third-order valence-corrected chi connectivity index (χ3v) is 6.02. The highest BCUT2D eigenvalue weighted by molar-refractivity contribution is 14.0. The van der Waals surface area contributed by atoms with Crippen molar-refractivity contribution in [2.45, 2.75) is 24.3 Å². The van der Waals surface area contributed by atoms with Gasteiger partial charge in [0.05, 0.1) is 4.90 Å². The summed E-state index contributed by atoms with van der Waals surface area (Å²) >= 11 is 0. The van der Waals surface area contributed by atoms with Crippen molar-refractivity contribution in [3.8, 4) is 0 Å². The van der Waals surface area contributed by atoms with E-state index in [1.807, 2.05) is 18.2 Å². The fourth-order valence-electron chi connectivity index (χ4n) is 3.30. The molecular formula is C22H28IN3O2S. The molecule has 5 nitrogen and oxygen atoms in total. The molecule has 7 heteroatoms. The average molecular weight is 525 g/mol. The molecule has 1 aliphatic rings. The molecule has 0 radical (unpaired) electrons. The van der Waals surface area contributed by atoms with Crippen molar-refractivity contribution in [1.82, 2.24) is 10.2 Å². The van der Waals surface area contributed by atoms with Crippen LogP contribution in [0.3, 0.4) is 0 Å². The Kier molecular flexibility index (Phi) is 8.70. The molecule has 2 aromatic carbocycles. The fraction of sp³-hybridized carbons (Fsp3) is 0.318. The van der Waals surface area contributed by atoms with Crippen LogP contribution in [0, 0.1) is 0 Å². The monoisotopic (exact) mass is 525 g/mol. The van der Waals surface area contributed by atoms with Gasteiger partial charge in [0.1, 0.15) is 0 Å². The zero-order valence-corrected chi connectivity index (χ0v) is 20.0. The number of rotatable bonds is 4. The third-order valence-electron chi connectivity index (χ3n) is 4.89. The summed E-state index contributed by atoms with van der Waals surface area (Å²) < 4.78 is 23.1. The number of sulfone groups is 1. The standard InChI is InChI=1S/C22H27N3O2S.HI/c1-23-22(24-17-20-8-10-21(11-9-20)28(2,26)27)25-14-12-19(13-15-25)16-18-6-4-3-5-7-18;/h3-11,16H,12-15,17H2,1-2H3,(H,23,24);1H. The Labute approximate surface area is 190 Å². The first kappa shape index (κ1) is 23.4. The first-order valence-corrected chi connectivity index (χ1v) is 11.3. The Hall–Kier alpha value is -1.87. The van der Waals surface area contributed by atoms with E-state index in [1.165, 1.54) is 17.4 Å². The lowest BCUT2D eigenvalue weighted by molar-refractivity contribution is 0.375. The molecule has 1 N–H and O–H groups in total. The summed E-state index contributed by atoms with van der Waals surface area (Å²) in [5.74, 6) is 0.881. The fourth-order valence-corrected chi connectivity index (χ4v) is 3.93. The first-order chi connectivity index (χ1) is 13.5. The molecule has 0 atom stereocenters. The van der Waals surface area contributed by atoms with Crippen LogP contribution in [0.25, 0.3) is 6.08 Å². The second-order valence-electron chi connectivity index (χ2n) is 7.02. The summed E-state index contributed by atoms with van der Waals surface area (Å²) in [6.45, 7) is 2.48. The maximum absolute atomic E-state index is 11.6. The van der Waals surface area contributed by atoms with Crippen molar-refractivity contribution >= 4 is 45.8 Å². The van der Waals surface area contributed by atoms with Crippen LogP contribution < -0.4 is 5.32 Å². The van der Waals surface area contributed by atoms with Crippen molar-refractivity contribution < 1.29 is 8.42 Å². The zero-order chi connectivity index (χ0) is 20.0. The Morgan fingerprint density at radius 2 is 1.69 bits per heavy atom. The van der Waals surface area contributed by atoms with E-state index < -0.39 is 9.84 Å². The molecule has 1 heterocycles. The van der Waals surface area contributed by atoms with Gasteiger partial charge in [-0.25, -0.2) is 8.42 Å². The number of hydrogen-bond donors (Lipinski definition) is 1. The second-order valence-corrected chi connectivity index (χ2v) is 9.03. The molecule has 0 saturated carbocycles. The predicted molar refractivity (Wildman–Crippen MR) is 130 cm³/mol. The quantitative estimate of drug-likeness (QED) is 0.373. The molecule has 0 amide bonds. The van der Waals surface area contributed by atoms with Gasteiger partial charge in [-0.15, -0.1) is 24.0 Å². The van der Waals surface area contributed by atoms with Crippen molar-refractivity contribution in [2.75, 3.05) is 26.4 Å². The van der Waals surface area contributed by atoms with E-state index in [9.17, 15) is 8.42 Å². The van der Waals surface area contributed by atoms with Gasteiger partial charge in [0.25, 0.3) is 0 Å². The molecule has 0 aromatic heterocycles. The summed E-state index contributed by atoms with van der Waals surface area (Å²) in [5.41, 5.74) is 3.75. The van der Waals surface area contributed by atoms with Crippen LogP contribution in [0.15, 0.2) is 70.1 Å². The van der Waals surface area contributed by atoms with Crippen molar-refractivity contribution in [2.24, 2.45) is 4.99 Å². The molecule has 1 saturated heterocycles. The van der Waals surface area contributed by atoms with Crippen molar-refractivity contribution in [3.63, 3.8) is 0 Å². The van der Waals surface area contributed by atoms with Crippen molar-refractivity contribution in [1.29, 1.82) is 0 Å². The number of guanidine groups is 1. The minimum absolute atomic E-state index is 0. The Balaban J connectivity index is 0.00000300. The van der Waals surface area contributed by atoms with Crippen LogP contribution >= 0.6 is 24.0 Å². The van der Waals surface area contributed by atoms with Gasteiger partial charge < -0.3 is 10.2 Å². The van der Waals surface area contributed by atoms with Gasteiger partial charge in [0.2, 0.25) is 0 Å². The van der Waals surface area contributed by atoms with Gasteiger partial charge in [0, 0.05) is 32.9 Å². The number of aliphatic imine (C=N–C) groups is 1. The first-order valence-electron chi connectivity index (χ1n) is 9.45. The molecule has 29 heavy (non-hydrogen) atoms. The van der Waals surface area contributed by atoms with Crippen LogP contribution in [-0.2, 0) is 16.4 Å². The SMILES string of the molecule is CN=C(NCc1ccc(S(C)(=O)=O)cc1)N1CCC(=Cc2ccccc2)CC1.I. The van der Waals surface area contributed by atoms with Gasteiger partial charge in [0.15, 0.2) is 15.8 Å². The summed E-state index contributed by atoms with van der Waals surface area (Å²) in [4.78, 5) is 7.02. The minimum atomic E-state index is -3.16. The molecule has 1 fully saturated rings. The highest BCUT2D eigenvalue weighted by Crippen LogP contribution is 2.19. The number of piperidine rings is 1. The molecule has 0 aliphatic carbocycles. The van der Waals surface area contributed by atoms with Crippen LogP contribution in [0.5, 0.6) is 0 Å². The lowest BCUT2D eigenvalue weighted by atomic mass is 10.0. The van der Waals surface area contributed by atoms with Gasteiger partial charge >= 0.3 is 0 Å². The smallest absolute Gasteiger partial charge is 0.193 e. The maximum atomic E-state index is 11.6. The van der Waals surface area contributed by atoms with Crippen molar-refractivity contribution in [3.05, 3.63) is 71.3 Å². The number of halogens is 1. The molecule has 1 aliphatic heterocycles. The van der Waals surface area contributed by atoms with Gasteiger partial charge in [-0.3, -0.25) is 4.99 Å².